The van der Waals surface area contributed by atoms with Crippen molar-refractivity contribution in [2.75, 3.05) is 13.2 Å². The highest BCUT2D eigenvalue weighted by atomic mass is 19.1. The van der Waals surface area contributed by atoms with Crippen molar-refractivity contribution >= 4 is 18.4 Å². The third-order valence-corrected chi connectivity index (χ3v) is 7.10. The zero-order valence-electron chi connectivity index (χ0n) is 27.0. The molecule has 0 saturated carbocycles. The van der Waals surface area contributed by atoms with E-state index in [0.29, 0.717) is 18.8 Å². The Labute approximate surface area is 279 Å². The van der Waals surface area contributed by atoms with Crippen LogP contribution in [0.5, 0.6) is 28.7 Å². The van der Waals surface area contributed by atoms with Crippen molar-refractivity contribution in [3.8, 4) is 51.0 Å². The summed E-state index contributed by atoms with van der Waals surface area (Å²) in [5, 5.41) is 0. The first-order chi connectivity index (χ1) is 23.1. The molecule has 4 aromatic carbocycles. The van der Waals surface area contributed by atoms with E-state index in [1.807, 2.05) is 48.5 Å². The second kappa shape index (κ2) is 17.3. The molecule has 248 valence electrons. The number of carbonyl (C=O) groups excluding carboxylic acids is 3. The van der Waals surface area contributed by atoms with Gasteiger partial charge in [-0.05, 0) is 110 Å². The van der Waals surface area contributed by atoms with Gasteiger partial charge in [0.2, 0.25) is 0 Å². The van der Waals surface area contributed by atoms with E-state index in [9.17, 15) is 18.8 Å². The zero-order valence-corrected chi connectivity index (χ0v) is 27.0. The minimum atomic E-state index is -0.630. The number of hydrogen-bond acceptors (Lipinski definition) is 8. The summed E-state index contributed by atoms with van der Waals surface area (Å²) in [5.74, 6) is -0.294. The molecule has 0 amide bonds. The van der Waals surface area contributed by atoms with Crippen LogP contribution < -0.4 is 23.7 Å². The number of halogens is 1. The summed E-state index contributed by atoms with van der Waals surface area (Å²) >= 11 is 0. The molecular formula is C39H37FO8. The summed E-state index contributed by atoms with van der Waals surface area (Å²) in [6.45, 7) is 11.6. The second-order valence-corrected chi connectivity index (χ2v) is 11.0. The van der Waals surface area contributed by atoms with E-state index in [4.69, 9.17) is 18.9 Å². The average molecular weight is 653 g/mol. The molecule has 0 aromatic heterocycles. The van der Waals surface area contributed by atoms with Crippen molar-refractivity contribution in [1.29, 1.82) is 0 Å². The van der Waals surface area contributed by atoms with Crippen LogP contribution in [0.4, 0.5) is 4.39 Å². The summed E-state index contributed by atoms with van der Waals surface area (Å²) < 4.78 is 41.2. The molecule has 0 unspecified atom stereocenters. The number of benzene rings is 4. The van der Waals surface area contributed by atoms with Crippen LogP contribution in [0.3, 0.4) is 0 Å². The lowest BCUT2D eigenvalue weighted by molar-refractivity contribution is -0.132. The first kappa shape index (κ1) is 35.2. The van der Waals surface area contributed by atoms with Crippen molar-refractivity contribution in [1.82, 2.24) is 0 Å². The number of ether oxygens (including phenoxy) is 5. The van der Waals surface area contributed by atoms with Gasteiger partial charge < -0.3 is 23.7 Å². The summed E-state index contributed by atoms with van der Waals surface area (Å²) in [7, 11) is 0. The van der Waals surface area contributed by atoms with Crippen molar-refractivity contribution in [2.45, 2.75) is 39.5 Å². The molecule has 0 spiro atoms. The van der Waals surface area contributed by atoms with Crippen LogP contribution in [0.2, 0.25) is 0 Å². The Morgan fingerprint density at radius 1 is 0.604 bits per heavy atom. The highest BCUT2D eigenvalue weighted by Crippen LogP contribution is 2.34. The molecular weight excluding hydrogens is 615 g/mol. The Kier molecular flexibility index (Phi) is 12.7. The molecule has 0 bridgehead atoms. The molecule has 0 radical (unpaired) electrons. The Bertz CT molecular complexity index is 1760. The SMILES string of the molecule is C=C(C)C(=O)Oc1ccc(-c2ccc(OCCCCCCOc3ccc(-c4ccc(OC=O)c(F)c4)cc3)cc2)cc1OC(=O)C(=C)C. The molecule has 48 heavy (non-hydrogen) atoms. The van der Waals surface area contributed by atoms with E-state index in [1.165, 1.54) is 26.0 Å². The third-order valence-electron chi connectivity index (χ3n) is 7.10. The molecule has 0 aliphatic rings. The van der Waals surface area contributed by atoms with Crippen LogP contribution in [0.25, 0.3) is 22.3 Å². The van der Waals surface area contributed by atoms with Crippen molar-refractivity contribution in [3.05, 3.63) is 115 Å². The number of carbonyl (C=O) groups is 3. The van der Waals surface area contributed by atoms with Crippen molar-refractivity contribution in [2.24, 2.45) is 0 Å². The Hall–Kier alpha value is -5.70. The predicted octanol–water partition coefficient (Wildman–Crippen LogP) is 8.68. The van der Waals surface area contributed by atoms with E-state index < -0.39 is 17.8 Å². The van der Waals surface area contributed by atoms with Crippen LogP contribution in [0.1, 0.15) is 39.5 Å². The van der Waals surface area contributed by atoms with Crippen LogP contribution in [-0.2, 0) is 14.4 Å². The normalized spacial score (nSPS) is 10.5. The summed E-state index contributed by atoms with van der Waals surface area (Å²) in [5.41, 5.74) is 3.53. The van der Waals surface area contributed by atoms with Gasteiger partial charge in [0, 0.05) is 11.1 Å². The predicted molar refractivity (Wildman–Crippen MR) is 181 cm³/mol. The van der Waals surface area contributed by atoms with Gasteiger partial charge >= 0.3 is 11.9 Å². The van der Waals surface area contributed by atoms with Gasteiger partial charge in [0.05, 0.1) is 13.2 Å². The molecule has 9 heteroatoms. The van der Waals surface area contributed by atoms with Crippen molar-refractivity contribution < 1.29 is 42.5 Å². The van der Waals surface area contributed by atoms with Crippen LogP contribution >= 0.6 is 0 Å². The lowest BCUT2D eigenvalue weighted by Gasteiger charge is -2.13. The van der Waals surface area contributed by atoms with Gasteiger partial charge in [0.25, 0.3) is 6.47 Å². The Balaban J connectivity index is 1.18. The molecule has 4 aromatic rings. The fraction of sp³-hybridized carbons (Fsp3) is 0.205. The average Bonchev–Trinajstić information content (AvgIpc) is 3.08. The largest absolute Gasteiger partial charge is 0.494 e. The number of esters is 2. The van der Waals surface area contributed by atoms with Crippen LogP contribution in [0, 0.1) is 5.82 Å². The molecule has 8 nitrogen and oxygen atoms in total. The maximum Gasteiger partial charge on any atom is 0.338 e. The number of hydrogen-bond donors (Lipinski definition) is 0. The van der Waals surface area contributed by atoms with Gasteiger partial charge in [-0.15, -0.1) is 0 Å². The summed E-state index contributed by atoms with van der Waals surface area (Å²) in [4.78, 5) is 34.7. The quantitative estimate of drug-likeness (QED) is 0.0368. The highest BCUT2D eigenvalue weighted by Gasteiger charge is 2.16. The molecule has 0 fully saturated rings. The summed E-state index contributed by atoms with van der Waals surface area (Å²) in [6, 6.07) is 24.3. The molecule has 0 aliphatic heterocycles. The maximum absolute atomic E-state index is 14.0. The molecule has 0 atom stereocenters. The third kappa shape index (κ3) is 10.2. The molecule has 4 rings (SSSR count). The highest BCUT2D eigenvalue weighted by molar-refractivity contribution is 5.91. The first-order valence-corrected chi connectivity index (χ1v) is 15.4. The van der Waals surface area contributed by atoms with Gasteiger partial charge in [-0.1, -0.05) is 49.6 Å². The Morgan fingerprint density at radius 2 is 1.04 bits per heavy atom. The lowest BCUT2D eigenvalue weighted by Crippen LogP contribution is -2.12. The smallest absolute Gasteiger partial charge is 0.338 e. The second-order valence-electron chi connectivity index (χ2n) is 11.0. The molecule has 0 heterocycles. The number of rotatable bonds is 17. The van der Waals surface area contributed by atoms with E-state index in [0.717, 1.165) is 53.9 Å². The fourth-order valence-corrected chi connectivity index (χ4v) is 4.48. The van der Waals surface area contributed by atoms with Crippen LogP contribution in [-0.4, -0.2) is 31.6 Å². The van der Waals surface area contributed by atoms with E-state index >= 15 is 0 Å². The van der Waals surface area contributed by atoms with Gasteiger partial charge in [0.15, 0.2) is 23.1 Å². The van der Waals surface area contributed by atoms with Crippen molar-refractivity contribution in [3.63, 3.8) is 0 Å². The first-order valence-electron chi connectivity index (χ1n) is 15.4. The van der Waals surface area contributed by atoms with E-state index in [2.05, 4.69) is 17.9 Å². The maximum atomic E-state index is 14.0. The monoisotopic (exact) mass is 652 g/mol. The fourth-order valence-electron chi connectivity index (χ4n) is 4.48. The minimum Gasteiger partial charge on any atom is -0.494 e. The Morgan fingerprint density at radius 3 is 1.50 bits per heavy atom. The minimum absolute atomic E-state index is 0.0998. The van der Waals surface area contributed by atoms with E-state index in [1.54, 1.807) is 24.3 Å². The standard InChI is InChI=1S/C39H37FO8/c1-26(2)38(42)47-36-20-14-31(24-37(36)48-39(43)27(3)4)29-11-17-33(18-12-29)45-22-8-6-5-7-21-44-32-15-9-28(10-16-32)30-13-19-35(46-25-41)34(40)23-30/h9-20,23-25H,1,3,5-8,21-22H2,2,4H3. The topological polar surface area (TPSA) is 97.4 Å². The van der Waals surface area contributed by atoms with Gasteiger partial charge in [0.1, 0.15) is 11.5 Å². The molecule has 0 aliphatic carbocycles. The van der Waals surface area contributed by atoms with Gasteiger partial charge in [-0.3, -0.25) is 4.79 Å². The zero-order chi connectivity index (χ0) is 34.5. The summed E-state index contributed by atoms with van der Waals surface area (Å²) in [6.07, 6.45) is 3.77. The molecule has 0 saturated heterocycles. The lowest BCUT2D eigenvalue weighted by atomic mass is 10.0. The van der Waals surface area contributed by atoms with E-state index in [-0.39, 0.29) is 34.9 Å². The van der Waals surface area contributed by atoms with Gasteiger partial charge in [-0.2, -0.15) is 0 Å². The van der Waals surface area contributed by atoms with Gasteiger partial charge in [-0.25, -0.2) is 14.0 Å². The van der Waals surface area contributed by atoms with Crippen LogP contribution in [0.15, 0.2) is 109 Å². The number of unbranched alkanes of at least 4 members (excludes halogenated alkanes) is 3. The molecule has 0 N–H and O–H groups in total.